The second-order valence-electron chi connectivity index (χ2n) is 7.39. The molecule has 3 atom stereocenters. The first kappa shape index (κ1) is 22.2. The van der Waals surface area contributed by atoms with E-state index in [-0.39, 0.29) is 13.0 Å². The van der Waals surface area contributed by atoms with E-state index in [0.717, 1.165) is 0 Å². The molecule has 0 N–H and O–H groups in total. The highest BCUT2D eigenvalue weighted by molar-refractivity contribution is 5.90. The molecule has 0 radical (unpaired) electrons. The molecule has 168 valence electrons. The first-order valence-corrected chi connectivity index (χ1v) is 10.5. The highest BCUT2D eigenvalue weighted by Gasteiger charge is 2.38. The third kappa shape index (κ3) is 5.84. The van der Waals surface area contributed by atoms with Crippen molar-refractivity contribution >= 4 is 17.9 Å². The third-order valence-corrected chi connectivity index (χ3v) is 5.07. The number of carbonyl (C=O) groups excluding carboxylic acids is 3. The smallest absolute Gasteiger partial charge is 0.340 e. The van der Waals surface area contributed by atoms with E-state index in [1.54, 1.807) is 91.0 Å². The van der Waals surface area contributed by atoms with E-state index in [4.69, 9.17) is 18.9 Å². The molecular formula is C26H22O7. The Morgan fingerprint density at radius 3 is 1.42 bits per heavy atom. The Balaban J connectivity index is 1.47. The molecule has 0 amide bonds. The molecule has 0 spiro atoms. The van der Waals surface area contributed by atoms with E-state index in [1.165, 1.54) is 0 Å². The second-order valence-corrected chi connectivity index (χ2v) is 7.39. The average molecular weight is 446 g/mol. The molecule has 0 aromatic heterocycles. The number of esters is 3. The van der Waals surface area contributed by atoms with Crippen LogP contribution in [-0.2, 0) is 18.9 Å². The highest BCUT2D eigenvalue weighted by atomic mass is 16.7. The molecule has 3 aromatic carbocycles. The summed E-state index contributed by atoms with van der Waals surface area (Å²) in [6, 6.07) is 25.5. The van der Waals surface area contributed by atoms with E-state index in [2.05, 4.69) is 0 Å². The van der Waals surface area contributed by atoms with Gasteiger partial charge in [0.05, 0.1) is 29.7 Å². The molecular weight excluding hydrogens is 424 g/mol. The SMILES string of the molecule is O=C(OC1C[C@H](OC(=O)c2ccccc2)[C@H](OC(=O)c2ccccc2)CO1)c1ccccc1. The van der Waals surface area contributed by atoms with Crippen molar-refractivity contribution in [3.05, 3.63) is 108 Å². The monoisotopic (exact) mass is 446 g/mol. The van der Waals surface area contributed by atoms with E-state index >= 15 is 0 Å². The van der Waals surface area contributed by atoms with Gasteiger partial charge in [-0.25, -0.2) is 14.4 Å². The Kier molecular flexibility index (Phi) is 7.12. The van der Waals surface area contributed by atoms with Crippen molar-refractivity contribution in [1.82, 2.24) is 0 Å². The minimum Gasteiger partial charge on any atom is -0.454 e. The van der Waals surface area contributed by atoms with Gasteiger partial charge in [0.25, 0.3) is 0 Å². The predicted molar refractivity (Wildman–Crippen MR) is 118 cm³/mol. The van der Waals surface area contributed by atoms with Crippen LogP contribution >= 0.6 is 0 Å². The van der Waals surface area contributed by atoms with Crippen LogP contribution in [0.3, 0.4) is 0 Å². The lowest BCUT2D eigenvalue weighted by Gasteiger charge is -2.34. The van der Waals surface area contributed by atoms with Crippen LogP contribution in [0.1, 0.15) is 37.5 Å². The molecule has 1 fully saturated rings. The lowest BCUT2D eigenvalue weighted by atomic mass is 10.1. The van der Waals surface area contributed by atoms with Gasteiger partial charge in [-0.2, -0.15) is 0 Å². The number of ether oxygens (including phenoxy) is 4. The number of carbonyl (C=O) groups is 3. The van der Waals surface area contributed by atoms with E-state index < -0.39 is 36.4 Å². The van der Waals surface area contributed by atoms with Crippen molar-refractivity contribution in [3.63, 3.8) is 0 Å². The first-order valence-electron chi connectivity index (χ1n) is 10.5. The quantitative estimate of drug-likeness (QED) is 0.417. The van der Waals surface area contributed by atoms with Crippen molar-refractivity contribution in [3.8, 4) is 0 Å². The topological polar surface area (TPSA) is 88.1 Å². The summed E-state index contributed by atoms with van der Waals surface area (Å²) in [5.74, 6) is -1.70. The van der Waals surface area contributed by atoms with Crippen LogP contribution in [0.5, 0.6) is 0 Å². The standard InChI is InChI=1S/C26H22O7/c27-24(18-10-4-1-5-11-18)31-21-16-23(33-26(29)20-14-8-3-9-15-20)30-17-22(21)32-25(28)19-12-6-2-7-13-19/h1-15,21-23H,16-17H2/t21-,22+,23?/m0/s1. The van der Waals surface area contributed by atoms with Gasteiger partial charge in [0.2, 0.25) is 6.29 Å². The maximum Gasteiger partial charge on any atom is 0.340 e. The summed E-state index contributed by atoms with van der Waals surface area (Å²) in [6.45, 7) is -0.0992. The Hall–Kier alpha value is -3.97. The Morgan fingerprint density at radius 1 is 0.576 bits per heavy atom. The summed E-state index contributed by atoms with van der Waals surface area (Å²) in [7, 11) is 0. The van der Waals surface area contributed by atoms with Crippen molar-refractivity contribution < 1.29 is 33.3 Å². The molecule has 3 aromatic rings. The van der Waals surface area contributed by atoms with Crippen molar-refractivity contribution in [1.29, 1.82) is 0 Å². The molecule has 7 nitrogen and oxygen atoms in total. The maximum absolute atomic E-state index is 12.7. The van der Waals surface area contributed by atoms with Crippen LogP contribution in [0, 0.1) is 0 Å². The summed E-state index contributed by atoms with van der Waals surface area (Å²) in [5.41, 5.74) is 1.09. The van der Waals surface area contributed by atoms with Crippen LogP contribution in [0.25, 0.3) is 0 Å². The molecule has 0 saturated carbocycles. The number of benzene rings is 3. The molecule has 1 aliphatic rings. The fourth-order valence-electron chi connectivity index (χ4n) is 3.36. The molecule has 1 aliphatic heterocycles. The van der Waals surface area contributed by atoms with Gasteiger partial charge in [-0.3, -0.25) is 0 Å². The van der Waals surface area contributed by atoms with Crippen LogP contribution in [0.4, 0.5) is 0 Å². The summed E-state index contributed by atoms with van der Waals surface area (Å²) in [6.07, 6.45) is -2.67. The number of hydrogen-bond acceptors (Lipinski definition) is 7. The van der Waals surface area contributed by atoms with Gasteiger partial charge in [-0.05, 0) is 36.4 Å². The van der Waals surface area contributed by atoms with Gasteiger partial charge in [0, 0.05) is 0 Å². The molecule has 0 aliphatic carbocycles. The zero-order valence-electron chi connectivity index (χ0n) is 17.7. The summed E-state index contributed by atoms with van der Waals surface area (Å²) < 4.78 is 22.3. The Bertz CT molecular complexity index is 1080. The lowest BCUT2D eigenvalue weighted by molar-refractivity contribution is -0.196. The average Bonchev–Trinajstić information content (AvgIpc) is 2.87. The molecule has 4 rings (SSSR count). The fraction of sp³-hybridized carbons (Fsp3) is 0.192. The summed E-state index contributed by atoms with van der Waals surface area (Å²) in [5, 5.41) is 0. The first-order chi connectivity index (χ1) is 16.1. The van der Waals surface area contributed by atoms with Crippen molar-refractivity contribution in [2.75, 3.05) is 6.61 Å². The van der Waals surface area contributed by atoms with Crippen molar-refractivity contribution in [2.45, 2.75) is 24.9 Å². The highest BCUT2D eigenvalue weighted by Crippen LogP contribution is 2.24. The molecule has 1 heterocycles. The number of rotatable bonds is 6. The lowest BCUT2D eigenvalue weighted by Crippen LogP contribution is -2.47. The number of hydrogen-bond donors (Lipinski definition) is 0. The zero-order chi connectivity index (χ0) is 23.0. The molecule has 33 heavy (non-hydrogen) atoms. The Labute approximate surface area is 190 Å². The van der Waals surface area contributed by atoms with Gasteiger partial charge in [-0.1, -0.05) is 54.6 Å². The molecule has 1 unspecified atom stereocenters. The minimum atomic E-state index is -0.960. The maximum atomic E-state index is 12.7. The third-order valence-electron chi connectivity index (χ3n) is 5.07. The van der Waals surface area contributed by atoms with Gasteiger partial charge < -0.3 is 18.9 Å². The van der Waals surface area contributed by atoms with Crippen LogP contribution in [0.15, 0.2) is 91.0 Å². The van der Waals surface area contributed by atoms with E-state index in [0.29, 0.717) is 16.7 Å². The van der Waals surface area contributed by atoms with Crippen LogP contribution in [-0.4, -0.2) is 43.0 Å². The van der Waals surface area contributed by atoms with Gasteiger partial charge in [0.15, 0.2) is 6.10 Å². The normalized spacial score (nSPS) is 19.8. The minimum absolute atomic E-state index is 0.0177. The van der Waals surface area contributed by atoms with Gasteiger partial charge >= 0.3 is 17.9 Å². The largest absolute Gasteiger partial charge is 0.454 e. The molecule has 1 saturated heterocycles. The predicted octanol–water partition coefficient (Wildman–Crippen LogP) is 4.04. The molecule has 7 heteroatoms. The second kappa shape index (κ2) is 10.6. The van der Waals surface area contributed by atoms with Gasteiger partial charge in [0.1, 0.15) is 6.10 Å². The van der Waals surface area contributed by atoms with E-state index in [9.17, 15) is 14.4 Å². The van der Waals surface area contributed by atoms with E-state index in [1.807, 2.05) is 0 Å². The summed E-state index contributed by atoms with van der Waals surface area (Å²) in [4.78, 5) is 37.6. The Morgan fingerprint density at radius 2 is 0.970 bits per heavy atom. The van der Waals surface area contributed by atoms with Crippen molar-refractivity contribution in [2.24, 2.45) is 0 Å². The summed E-state index contributed by atoms with van der Waals surface area (Å²) >= 11 is 0. The van der Waals surface area contributed by atoms with Crippen LogP contribution < -0.4 is 0 Å². The fourth-order valence-corrected chi connectivity index (χ4v) is 3.36. The van der Waals surface area contributed by atoms with Crippen LogP contribution in [0.2, 0.25) is 0 Å². The molecule has 0 bridgehead atoms. The van der Waals surface area contributed by atoms with Gasteiger partial charge in [-0.15, -0.1) is 0 Å². The zero-order valence-corrected chi connectivity index (χ0v) is 17.7.